The van der Waals surface area contributed by atoms with Crippen LogP contribution in [0, 0.1) is 0 Å². The molecule has 0 saturated carbocycles. The largest absolute Gasteiger partial charge is 0.478 e. The highest BCUT2D eigenvalue weighted by molar-refractivity contribution is 5.88. The fourth-order valence-electron chi connectivity index (χ4n) is 0.497. The Morgan fingerprint density at radius 1 is 1.31 bits per heavy atom. The van der Waals surface area contributed by atoms with E-state index >= 15 is 0 Å². The van der Waals surface area contributed by atoms with Gasteiger partial charge < -0.3 is 5.11 Å². The molecule has 76 valence electrons. The van der Waals surface area contributed by atoms with Crippen molar-refractivity contribution >= 4 is 5.97 Å². The summed E-state index contributed by atoms with van der Waals surface area (Å²) >= 11 is 0. The minimum Gasteiger partial charge on any atom is -0.478 e. The van der Waals surface area contributed by atoms with Crippen LogP contribution >= 0.6 is 0 Å². The Labute approximate surface area is 69.7 Å². The highest BCUT2D eigenvalue weighted by Gasteiger charge is 2.60. The van der Waals surface area contributed by atoms with Crippen LogP contribution < -0.4 is 0 Å². The number of aliphatic carboxylic acids is 1. The molecule has 0 aliphatic heterocycles. The molecule has 0 aromatic rings. The summed E-state index contributed by atoms with van der Waals surface area (Å²) in [5.41, 5.74) is -6.36. The number of carbonyl (C=O) groups is 1. The van der Waals surface area contributed by atoms with Gasteiger partial charge in [-0.1, -0.05) is 6.58 Å². The molecule has 0 heterocycles. The first kappa shape index (κ1) is 11.9. The molecule has 1 unspecified atom stereocenters. The number of carboxylic acid groups (broad SMARTS) is 1. The maximum Gasteiger partial charge on any atom is 0.429 e. The maximum atomic E-state index is 12.7. The van der Waals surface area contributed by atoms with Gasteiger partial charge in [0, 0.05) is 0 Å². The fraction of sp³-hybridized carbons (Fsp3) is 0.500. The quantitative estimate of drug-likeness (QED) is 0.562. The van der Waals surface area contributed by atoms with Gasteiger partial charge >= 0.3 is 12.1 Å². The van der Waals surface area contributed by atoms with Crippen molar-refractivity contribution < 1.29 is 31.9 Å². The third-order valence-corrected chi connectivity index (χ3v) is 1.37. The zero-order valence-corrected chi connectivity index (χ0v) is 6.16. The van der Waals surface area contributed by atoms with E-state index in [2.05, 4.69) is 6.58 Å². The minimum atomic E-state index is -5.61. The predicted molar refractivity (Wildman–Crippen MR) is 32.6 cm³/mol. The Morgan fingerprint density at radius 3 is 1.77 bits per heavy atom. The molecular weight excluding hydrogens is 199 g/mol. The van der Waals surface area contributed by atoms with Gasteiger partial charge in [-0.05, 0) is 0 Å². The monoisotopic (exact) mass is 204 g/mol. The molecule has 2 nitrogen and oxygen atoms in total. The van der Waals surface area contributed by atoms with Gasteiger partial charge in [-0.25, -0.2) is 13.6 Å². The van der Waals surface area contributed by atoms with E-state index in [1.54, 1.807) is 0 Å². The first-order valence-electron chi connectivity index (χ1n) is 2.91. The van der Waals surface area contributed by atoms with Crippen molar-refractivity contribution in [3.05, 3.63) is 12.2 Å². The summed E-state index contributed by atoms with van der Waals surface area (Å²) in [4.78, 5) is 9.95. The number of alkyl halides is 5. The van der Waals surface area contributed by atoms with Gasteiger partial charge in [0.15, 0.2) is 0 Å². The van der Waals surface area contributed by atoms with E-state index in [1.165, 1.54) is 0 Å². The van der Waals surface area contributed by atoms with Crippen LogP contribution in [0.3, 0.4) is 0 Å². The van der Waals surface area contributed by atoms with E-state index in [1.807, 2.05) is 0 Å². The standard InChI is InChI=1S/C6H5F5O2/c1-3(4(12)13)5(8,2-7)6(9,10)11/h1-2H2,(H,12,13). The Bertz CT molecular complexity index is 234. The average molecular weight is 204 g/mol. The van der Waals surface area contributed by atoms with Gasteiger partial charge in [0.1, 0.15) is 6.67 Å². The first-order valence-corrected chi connectivity index (χ1v) is 2.91. The molecule has 0 spiro atoms. The molecule has 0 aliphatic rings. The lowest BCUT2D eigenvalue weighted by molar-refractivity contribution is -0.221. The number of carboxylic acids is 1. The summed E-state index contributed by atoms with van der Waals surface area (Å²) in [6.07, 6.45) is -5.61. The van der Waals surface area contributed by atoms with E-state index in [-0.39, 0.29) is 0 Å². The van der Waals surface area contributed by atoms with E-state index in [4.69, 9.17) is 5.11 Å². The minimum absolute atomic E-state index is 1.86. The van der Waals surface area contributed by atoms with Crippen LogP contribution in [-0.2, 0) is 4.79 Å². The molecule has 0 fully saturated rings. The van der Waals surface area contributed by atoms with Gasteiger partial charge in [0.2, 0.25) is 0 Å². The van der Waals surface area contributed by atoms with Crippen LogP contribution in [-0.4, -0.2) is 29.6 Å². The summed E-state index contributed by atoms with van der Waals surface area (Å²) in [5.74, 6) is -2.22. The van der Waals surface area contributed by atoms with E-state index in [0.29, 0.717) is 0 Å². The molecule has 13 heavy (non-hydrogen) atoms. The molecule has 1 atom stereocenters. The van der Waals surface area contributed by atoms with Crippen molar-refractivity contribution in [1.29, 1.82) is 0 Å². The van der Waals surface area contributed by atoms with E-state index < -0.39 is 30.1 Å². The lowest BCUT2D eigenvalue weighted by atomic mass is 9.98. The number of halogens is 5. The lowest BCUT2D eigenvalue weighted by Crippen LogP contribution is -2.46. The molecule has 0 rings (SSSR count). The molecule has 0 aromatic carbocycles. The second-order valence-corrected chi connectivity index (χ2v) is 2.22. The normalized spacial score (nSPS) is 16.4. The molecule has 1 N–H and O–H groups in total. The van der Waals surface area contributed by atoms with Crippen LogP contribution in [0.1, 0.15) is 0 Å². The number of hydrogen-bond acceptors (Lipinski definition) is 1. The summed E-state index contributed by atoms with van der Waals surface area (Å²) < 4.78 is 59.7. The predicted octanol–water partition coefficient (Wildman–Crippen LogP) is 1.87. The zero-order chi connectivity index (χ0) is 10.9. The lowest BCUT2D eigenvalue weighted by Gasteiger charge is -2.24. The van der Waals surface area contributed by atoms with Crippen LogP contribution in [0.15, 0.2) is 12.2 Å². The number of hydrogen-bond donors (Lipinski definition) is 1. The summed E-state index contributed by atoms with van der Waals surface area (Å²) in [6.45, 7) is -0.169. The molecular formula is C6H5F5O2. The van der Waals surface area contributed by atoms with Gasteiger partial charge in [-0.2, -0.15) is 13.2 Å². The fourth-order valence-corrected chi connectivity index (χ4v) is 0.497. The van der Waals surface area contributed by atoms with E-state index in [9.17, 15) is 26.7 Å². The summed E-state index contributed by atoms with van der Waals surface area (Å²) in [7, 11) is 0. The molecule has 0 aromatic heterocycles. The highest BCUT2D eigenvalue weighted by Crippen LogP contribution is 2.39. The smallest absolute Gasteiger partial charge is 0.429 e. The maximum absolute atomic E-state index is 12.7. The number of rotatable bonds is 3. The molecule has 0 aliphatic carbocycles. The second kappa shape index (κ2) is 3.31. The zero-order valence-electron chi connectivity index (χ0n) is 6.16. The van der Waals surface area contributed by atoms with Crippen molar-refractivity contribution in [1.82, 2.24) is 0 Å². The SMILES string of the molecule is C=C(C(=O)O)C(F)(CF)C(F)(F)F. The molecule has 0 amide bonds. The van der Waals surface area contributed by atoms with Crippen LogP contribution in [0.4, 0.5) is 22.0 Å². The van der Waals surface area contributed by atoms with Crippen molar-refractivity contribution in [2.75, 3.05) is 6.67 Å². The van der Waals surface area contributed by atoms with Crippen LogP contribution in [0.25, 0.3) is 0 Å². The van der Waals surface area contributed by atoms with Crippen molar-refractivity contribution in [3.8, 4) is 0 Å². The average Bonchev–Trinajstić information content (AvgIpc) is 1.99. The Hall–Kier alpha value is -1.14. The summed E-state index contributed by atoms with van der Waals surface area (Å²) in [5, 5.41) is 8.01. The van der Waals surface area contributed by atoms with Crippen molar-refractivity contribution in [2.24, 2.45) is 0 Å². The van der Waals surface area contributed by atoms with Crippen molar-refractivity contribution in [2.45, 2.75) is 11.8 Å². The van der Waals surface area contributed by atoms with Crippen LogP contribution in [0.2, 0.25) is 0 Å². The van der Waals surface area contributed by atoms with Crippen LogP contribution in [0.5, 0.6) is 0 Å². The molecule has 0 saturated heterocycles. The third kappa shape index (κ3) is 1.96. The Balaban J connectivity index is 5.07. The summed E-state index contributed by atoms with van der Waals surface area (Å²) in [6, 6.07) is 0. The highest BCUT2D eigenvalue weighted by atomic mass is 19.4. The molecule has 0 bridgehead atoms. The third-order valence-electron chi connectivity index (χ3n) is 1.37. The molecule has 0 radical (unpaired) electrons. The first-order chi connectivity index (χ1) is 5.66. The van der Waals surface area contributed by atoms with Crippen molar-refractivity contribution in [3.63, 3.8) is 0 Å². The van der Waals surface area contributed by atoms with Gasteiger partial charge in [0.25, 0.3) is 5.67 Å². The van der Waals surface area contributed by atoms with Gasteiger partial charge in [-0.15, -0.1) is 0 Å². The van der Waals surface area contributed by atoms with Gasteiger partial charge in [-0.3, -0.25) is 0 Å². The second-order valence-electron chi connectivity index (χ2n) is 2.22. The topological polar surface area (TPSA) is 37.3 Å². The Kier molecular flexibility index (Phi) is 3.02. The van der Waals surface area contributed by atoms with Gasteiger partial charge in [0.05, 0.1) is 5.57 Å². The van der Waals surface area contributed by atoms with E-state index in [0.717, 1.165) is 0 Å². The Morgan fingerprint density at radius 2 is 1.69 bits per heavy atom. The molecule has 7 heteroatoms.